The Morgan fingerprint density at radius 3 is 2.72 bits per heavy atom. The number of carbonyl (C=O) groups is 1. The van der Waals surface area contributed by atoms with Crippen LogP contribution in [-0.2, 0) is 21.5 Å². The van der Waals surface area contributed by atoms with E-state index in [0.29, 0.717) is 5.92 Å². The summed E-state index contributed by atoms with van der Waals surface area (Å²) in [6.45, 7) is 6.26. The van der Waals surface area contributed by atoms with Crippen molar-refractivity contribution in [1.29, 1.82) is 0 Å². The van der Waals surface area contributed by atoms with Crippen LogP contribution in [0.2, 0.25) is 0 Å². The minimum atomic E-state index is -0.287. The molecule has 1 spiro atoms. The lowest BCUT2D eigenvalue weighted by Crippen LogP contribution is -2.59. The van der Waals surface area contributed by atoms with Gasteiger partial charge in [0.25, 0.3) is 0 Å². The molecule has 1 N–H and O–H groups in total. The van der Waals surface area contributed by atoms with E-state index in [4.69, 9.17) is 4.74 Å². The van der Waals surface area contributed by atoms with Crippen LogP contribution in [0.25, 0.3) is 0 Å². The van der Waals surface area contributed by atoms with Crippen LogP contribution in [-0.4, -0.2) is 65.6 Å². The van der Waals surface area contributed by atoms with Crippen molar-refractivity contribution in [2.75, 3.05) is 39.9 Å². The number of nitrogens with one attached hydrogen (secondary N) is 1. The summed E-state index contributed by atoms with van der Waals surface area (Å²) in [7, 11) is 1.59. The molecule has 156 valence electrons. The number of fused-ring (bicyclic) bond motifs is 2. The van der Waals surface area contributed by atoms with Crippen molar-refractivity contribution in [3.8, 4) is 0 Å². The molecule has 29 heavy (non-hydrogen) atoms. The van der Waals surface area contributed by atoms with Gasteiger partial charge in [-0.25, -0.2) is 4.98 Å². The van der Waals surface area contributed by atoms with Gasteiger partial charge in [0.2, 0.25) is 5.91 Å². The van der Waals surface area contributed by atoms with E-state index >= 15 is 0 Å². The largest absolute Gasteiger partial charge is 0.375 e. The van der Waals surface area contributed by atoms with Crippen molar-refractivity contribution in [1.82, 2.24) is 19.8 Å². The van der Waals surface area contributed by atoms with Crippen molar-refractivity contribution in [2.45, 2.75) is 44.1 Å². The summed E-state index contributed by atoms with van der Waals surface area (Å²) >= 11 is 0. The van der Waals surface area contributed by atoms with Gasteiger partial charge in [0.05, 0.1) is 17.6 Å². The van der Waals surface area contributed by atoms with Crippen molar-refractivity contribution in [3.63, 3.8) is 0 Å². The van der Waals surface area contributed by atoms with Gasteiger partial charge >= 0.3 is 0 Å². The van der Waals surface area contributed by atoms with E-state index < -0.39 is 0 Å². The number of benzene rings is 1. The Morgan fingerprint density at radius 2 is 2.00 bits per heavy atom. The Hall–Kier alpha value is -2.18. The zero-order chi connectivity index (χ0) is 20.3. The maximum atomic E-state index is 12.8. The molecule has 2 aromatic rings. The summed E-state index contributed by atoms with van der Waals surface area (Å²) in [4.78, 5) is 25.4. The molecule has 0 radical (unpaired) electrons. The summed E-state index contributed by atoms with van der Waals surface area (Å²) in [6.07, 6.45) is 5.63. The topological polar surface area (TPSA) is 61.5 Å². The molecule has 2 aliphatic rings. The lowest BCUT2D eigenvalue weighted by molar-refractivity contribution is -0.146. The molecule has 3 heterocycles. The molecule has 1 aromatic heterocycles. The maximum Gasteiger partial charge on any atom is 0.249 e. The molecule has 1 atom stereocenters. The van der Waals surface area contributed by atoms with Crippen LogP contribution in [0.1, 0.15) is 49.1 Å². The van der Waals surface area contributed by atoms with Gasteiger partial charge in [-0.05, 0) is 37.3 Å². The minimum Gasteiger partial charge on any atom is -0.375 e. The number of methoxy groups -OCH3 is 1. The molecule has 6 nitrogen and oxygen atoms in total. The molecule has 1 amide bonds. The molecule has 1 aromatic carbocycles. The predicted octanol–water partition coefficient (Wildman–Crippen LogP) is 2.93. The Bertz CT molecular complexity index is 811. The Morgan fingerprint density at radius 1 is 1.24 bits per heavy atom. The molecule has 1 saturated heterocycles. The molecule has 2 aliphatic heterocycles. The lowest BCUT2D eigenvalue weighted by atomic mass is 9.78. The van der Waals surface area contributed by atoms with E-state index in [1.165, 1.54) is 11.3 Å². The van der Waals surface area contributed by atoms with Crippen LogP contribution in [0.5, 0.6) is 0 Å². The first kappa shape index (κ1) is 20.1. The van der Waals surface area contributed by atoms with Gasteiger partial charge in [-0.15, -0.1) is 0 Å². The molecule has 0 bridgehead atoms. The third-order valence-corrected chi connectivity index (χ3v) is 6.76. The second-order valence-corrected chi connectivity index (χ2v) is 8.43. The summed E-state index contributed by atoms with van der Waals surface area (Å²) in [6, 6.07) is 10.7. The number of aromatic nitrogens is 2. The number of H-pyrrole nitrogens is 1. The molecular formula is C23H32N4O2. The van der Waals surface area contributed by atoms with Crippen LogP contribution in [0.3, 0.4) is 0 Å². The second kappa shape index (κ2) is 8.67. The number of rotatable bonds is 6. The number of aromatic amines is 1. The number of ether oxygens (including phenoxy) is 1. The number of imidazole rings is 1. The first-order valence-electron chi connectivity index (χ1n) is 10.7. The van der Waals surface area contributed by atoms with Crippen molar-refractivity contribution in [2.24, 2.45) is 0 Å². The van der Waals surface area contributed by atoms with E-state index in [1.807, 2.05) is 4.90 Å². The number of nitrogens with zero attached hydrogens (tertiary/aromatic N) is 3. The highest BCUT2D eigenvalue weighted by Gasteiger charge is 2.48. The molecule has 6 heteroatoms. The molecule has 1 fully saturated rings. The quantitative estimate of drug-likeness (QED) is 0.816. The summed E-state index contributed by atoms with van der Waals surface area (Å²) < 4.78 is 5.16. The monoisotopic (exact) mass is 396 g/mol. The van der Waals surface area contributed by atoms with Gasteiger partial charge in [-0.1, -0.05) is 37.3 Å². The average Bonchev–Trinajstić information content (AvgIpc) is 3.24. The van der Waals surface area contributed by atoms with E-state index in [1.54, 1.807) is 13.4 Å². The van der Waals surface area contributed by atoms with Crippen LogP contribution in [0, 0.1) is 0 Å². The van der Waals surface area contributed by atoms with Crippen LogP contribution in [0.4, 0.5) is 0 Å². The summed E-state index contributed by atoms with van der Waals surface area (Å²) in [5, 5.41) is 0. The number of hydrogen-bond donors (Lipinski definition) is 1. The Kier molecular flexibility index (Phi) is 6.01. The highest BCUT2D eigenvalue weighted by Crippen LogP contribution is 2.42. The van der Waals surface area contributed by atoms with Crippen LogP contribution >= 0.6 is 0 Å². The smallest absolute Gasteiger partial charge is 0.249 e. The number of likely N-dealkylation sites (tertiary alicyclic amines) is 1. The fraction of sp³-hybridized carbons (Fsp3) is 0.565. The molecule has 0 aliphatic carbocycles. The fourth-order valence-corrected chi connectivity index (χ4v) is 5.02. The van der Waals surface area contributed by atoms with Crippen LogP contribution in [0.15, 0.2) is 36.7 Å². The van der Waals surface area contributed by atoms with Gasteiger partial charge in [0.1, 0.15) is 6.61 Å². The van der Waals surface area contributed by atoms with E-state index in [0.717, 1.165) is 57.6 Å². The molecular weight excluding hydrogens is 364 g/mol. The second-order valence-electron chi connectivity index (χ2n) is 8.43. The number of amides is 1. The SMILES string of the molecule is COCC(=O)N1CCc2[nH]cnc2C12CCN(CCC(C)c1ccccc1)CC2. The van der Waals surface area contributed by atoms with Crippen molar-refractivity contribution < 1.29 is 9.53 Å². The standard InChI is InChI=1S/C23H32N4O2/c1-18(19-6-4-3-5-7-19)8-12-26-14-10-23(11-15-26)22-20(24-17-25-22)9-13-27(23)21(28)16-29-2/h3-7,17-18H,8-16H2,1-2H3,(H,24,25). The van der Waals surface area contributed by atoms with Gasteiger partial charge in [-0.2, -0.15) is 0 Å². The zero-order valence-corrected chi connectivity index (χ0v) is 17.6. The number of hydrogen-bond acceptors (Lipinski definition) is 4. The Balaban J connectivity index is 1.42. The number of piperidine rings is 1. The van der Waals surface area contributed by atoms with Crippen LogP contribution < -0.4 is 0 Å². The predicted molar refractivity (Wildman–Crippen MR) is 113 cm³/mol. The van der Waals surface area contributed by atoms with E-state index in [2.05, 4.69) is 52.1 Å². The summed E-state index contributed by atoms with van der Waals surface area (Å²) in [5.74, 6) is 0.631. The van der Waals surface area contributed by atoms with Gasteiger partial charge in [-0.3, -0.25) is 4.79 Å². The minimum absolute atomic E-state index is 0.0762. The average molecular weight is 397 g/mol. The Labute approximate surface area is 173 Å². The highest BCUT2D eigenvalue weighted by molar-refractivity contribution is 5.79. The fourth-order valence-electron chi connectivity index (χ4n) is 5.02. The molecule has 4 rings (SSSR count). The van der Waals surface area contributed by atoms with E-state index in [-0.39, 0.29) is 18.1 Å². The van der Waals surface area contributed by atoms with Crippen molar-refractivity contribution in [3.05, 3.63) is 53.6 Å². The van der Waals surface area contributed by atoms with Gasteiger partial charge in [0, 0.05) is 38.9 Å². The zero-order valence-electron chi connectivity index (χ0n) is 17.6. The normalized spacial score (nSPS) is 19.9. The van der Waals surface area contributed by atoms with Gasteiger partial charge in [0.15, 0.2) is 0 Å². The number of carbonyl (C=O) groups excluding carboxylic acids is 1. The first-order chi connectivity index (χ1) is 14.1. The third-order valence-electron chi connectivity index (χ3n) is 6.76. The van der Waals surface area contributed by atoms with E-state index in [9.17, 15) is 4.79 Å². The third kappa shape index (κ3) is 3.96. The first-order valence-corrected chi connectivity index (χ1v) is 10.7. The van der Waals surface area contributed by atoms with Gasteiger partial charge < -0.3 is 19.5 Å². The van der Waals surface area contributed by atoms with Crippen molar-refractivity contribution >= 4 is 5.91 Å². The lowest BCUT2D eigenvalue weighted by Gasteiger charge is -2.50. The summed E-state index contributed by atoms with van der Waals surface area (Å²) in [5.41, 5.74) is 3.39. The molecule has 1 unspecified atom stereocenters. The maximum absolute atomic E-state index is 12.8. The highest BCUT2D eigenvalue weighted by atomic mass is 16.5. The molecule has 0 saturated carbocycles.